The summed E-state index contributed by atoms with van der Waals surface area (Å²) in [5, 5.41) is 0. The van der Waals surface area contributed by atoms with Crippen LogP contribution in [-0.2, 0) is 12.8 Å². The third-order valence-electron chi connectivity index (χ3n) is 2.15. The van der Waals surface area contributed by atoms with Crippen molar-refractivity contribution in [2.24, 2.45) is 0 Å². The van der Waals surface area contributed by atoms with Crippen LogP contribution < -0.4 is 0 Å². The quantitative estimate of drug-likeness (QED) is 0.392. The van der Waals surface area contributed by atoms with Crippen LogP contribution in [0.3, 0.4) is 0 Å². The van der Waals surface area contributed by atoms with Crippen molar-refractivity contribution < 1.29 is 0 Å². The number of hydrogen-bond acceptors (Lipinski definition) is 0. The molecule has 0 aliphatic rings. The number of halogens is 4. The summed E-state index contributed by atoms with van der Waals surface area (Å²) in [7, 11) is 0. The van der Waals surface area contributed by atoms with Crippen LogP contribution in [-0.4, -0.2) is 0 Å². The Morgan fingerprint density at radius 2 is 1.00 bits per heavy atom. The summed E-state index contributed by atoms with van der Waals surface area (Å²) in [4.78, 5) is 0. The van der Waals surface area contributed by atoms with Gasteiger partial charge in [-0.05, 0) is 71.8 Å². The summed E-state index contributed by atoms with van der Waals surface area (Å²) < 4.78 is 4.59. The van der Waals surface area contributed by atoms with Crippen molar-refractivity contribution >= 4 is 63.7 Å². The van der Waals surface area contributed by atoms with Gasteiger partial charge in [0.25, 0.3) is 0 Å². The van der Waals surface area contributed by atoms with E-state index in [1.807, 2.05) is 0 Å². The predicted octanol–water partition coefficient (Wildman–Crippen LogP) is 5.86. The highest BCUT2D eigenvalue weighted by Gasteiger charge is 2.16. The first-order valence-electron chi connectivity index (χ1n) is 4.38. The van der Waals surface area contributed by atoms with Gasteiger partial charge in [0, 0.05) is 17.9 Å². The van der Waals surface area contributed by atoms with Crippen molar-refractivity contribution in [1.82, 2.24) is 0 Å². The maximum absolute atomic E-state index is 3.66. The molecule has 0 bridgehead atoms. The van der Waals surface area contributed by atoms with Crippen LogP contribution in [0.25, 0.3) is 0 Å². The number of benzene rings is 1. The standard InChI is InChI=1S/C10H10Br4/c1-3-5-7(11)6(4-2)9(13)10(14)8(5)12/h3-4H2,1-2H3. The van der Waals surface area contributed by atoms with Crippen molar-refractivity contribution in [2.45, 2.75) is 26.7 Å². The second-order valence-electron chi connectivity index (χ2n) is 2.92. The van der Waals surface area contributed by atoms with Crippen molar-refractivity contribution in [3.63, 3.8) is 0 Å². The number of hydrogen-bond donors (Lipinski definition) is 0. The molecular formula is C10H10Br4. The molecule has 0 aromatic heterocycles. The van der Waals surface area contributed by atoms with E-state index < -0.39 is 0 Å². The van der Waals surface area contributed by atoms with Crippen LogP contribution in [0.2, 0.25) is 0 Å². The van der Waals surface area contributed by atoms with Gasteiger partial charge in [-0.25, -0.2) is 0 Å². The van der Waals surface area contributed by atoms with E-state index >= 15 is 0 Å². The van der Waals surface area contributed by atoms with Crippen molar-refractivity contribution in [1.29, 1.82) is 0 Å². The summed E-state index contributed by atoms with van der Waals surface area (Å²) in [6.45, 7) is 4.31. The molecule has 0 N–H and O–H groups in total. The fourth-order valence-electron chi connectivity index (χ4n) is 1.36. The molecule has 0 saturated heterocycles. The molecule has 0 heterocycles. The molecule has 0 radical (unpaired) electrons. The smallest absolute Gasteiger partial charge is 0.0465 e. The van der Waals surface area contributed by atoms with Gasteiger partial charge in [-0.2, -0.15) is 0 Å². The van der Waals surface area contributed by atoms with E-state index in [4.69, 9.17) is 0 Å². The highest BCUT2D eigenvalue weighted by molar-refractivity contribution is 9.14. The summed E-state index contributed by atoms with van der Waals surface area (Å²) >= 11 is 14.4. The van der Waals surface area contributed by atoms with E-state index in [1.54, 1.807) is 0 Å². The zero-order valence-corrected chi connectivity index (χ0v) is 14.3. The Hall–Kier alpha value is 1.14. The fraction of sp³-hybridized carbons (Fsp3) is 0.400. The molecule has 0 nitrogen and oxygen atoms in total. The Morgan fingerprint density at radius 3 is 1.29 bits per heavy atom. The molecule has 0 spiro atoms. The molecule has 0 aliphatic carbocycles. The fourth-order valence-corrected chi connectivity index (χ4v) is 4.94. The van der Waals surface area contributed by atoms with Gasteiger partial charge in [-0.3, -0.25) is 0 Å². The van der Waals surface area contributed by atoms with Gasteiger partial charge in [0.1, 0.15) is 0 Å². The Labute approximate surface area is 118 Å². The molecule has 0 atom stereocenters. The van der Waals surface area contributed by atoms with Gasteiger partial charge >= 0.3 is 0 Å². The predicted molar refractivity (Wildman–Crippen MR) is 76.0 cm³/mol. The molecular weight excluding hydrogens is 440 g/mol. The van der Waals surface area contributed by atoms with Crippen LogP contribution in [0, 0.1) is 0 Å². The lowest BCUT2D eigenvalue weighted by molar-refractivity contribution is 1.04. The lowest BCUT2D eigenvalue weighted by Crippen LogP contribution is -1.95. The second-order valence-corrected chi connectivity index (χ2v) is 6.09. The van der Waals surface area contributed by atoms with Gasteiger partial charge in [-0.1, -0.05) is 29.8 Å². The first-order chi connectivity index (χ1) is 6.54. The lowest BCUT2D eigenvalue weighted by atomic mass is 10.1. The minimum absolute atomic E-state index is 1.01. The molecule has 78 valence electrons. The van der Waals surface area contributed by atoms with Crippen molar-refractivity contribution in [3.8, 4) is 0 Å². The monoisotopic (exact) mass is 446 g/mol. The van der Waals surface area contributed by atoms with Gasteiger partial charge in [0.05, 0.1) is 0 Å². The van der Waals surface area contributed by atoms with Crippen LogP contribution >= 0.6 is 63.7 Å². The molecule has 0 unspecified atom stereocenters. The summed E-state index contributed by atoms with van der Waals surface area (Å²) in [5.41, 5.74) is 2.63. The highest BCUT2D eigenvalue weighted by atomic mass is 79.9. The maximum Gasteiger partial charge on any atom is 0.0465 e. The van der Waals surface area contributed by atoms with Crippen LogP contribution in [0.4, 0.5) is 0 Å². The first kappa shape index (κ1) is 13.2. The largest absolute Gasteiger partial charge is 0.0612 e. The third kappa shape index (κ3) is 2.28. The summed E-state index contributed by atoms with van der Waals surface area (Å²) in [5.74, 6) is 0. The van der Waals surface area contributed by atoms with E-state index in [-0.39, 0.29) is 0 Å². The second kappa shape index (κ2) is 5.46. The molecule has 1 aromatic carbocycles. The number of rotatable bonds is 2. The van der Waals surface area contributed by atoms with Crippen LogP contribution in [0.1, 0.15) is 25.0 Å². The SMILES string of the molecule is CCc1c(Br)c(Br)c(Br)c(CC)c1Br. The van der Waals surface area contributed by atoms with Crippen LogP contribution in [0.15, 0.2) is 17.9 Å². The van der Waals surface area contributed by atoms with Gasteiger partial charge < -0.3 is 0 Å². The Balaban J connectivity index is 3.56. The zero-order chi connectivity index (χ0) is 10.9. The summed E-state index contributed by atoms with van der Waals surface area (Å²) in [6.07, 6.45) is 2.03. The average Bonchev–Trinajstić information content (AvgIpc) is 2.16. The van der Waals surface area contributed by atoms with Gasteiger partial charge in [0.15, 0.2) is 0 Å². The maximum atomic E-state index is 3.66. The molecule has 0 amide bonds. The van der Waals surface area contributed by atoms with E-state index in [0.717, 1.165) is 26.3 Å². The van der Waals surface area contributed by atoms with E-state index in [1.165, 1.54) is 15.6 Å². The first-order valence-corrected chi connectivity index (χ1v) is 7.55. The van der Waals surface area contributed by atoms with E-state index in [2.05, 4.69) is 77.6 Å². The van der Waals surface area contributed by atoms with E-state index in [9.17, 15) is 0 Å². The third-order valence-corrected chi connectivity index (χ3v) is 6.72. The molecule has 0 aliphatic heterocycles. The zero-order valence-electron chi connectivity index (χ0n) is 7.93. The minimum atomic E-state index is 1.01. The van der Waals surface area contributed by atoms with Gasteiger partial charge in [-0.15, -0.1) is 0 Å². The van der Waals surface area contributed by atoms with Crippen molar-refractivity contribution in [2.75, 3.05) is 0 Å². The average molecular weight is 450 g/mol. The normalized spacial score (nSPS) is 10.7. The minimum Gasteiger partial charge on any atom is -0.0612 e. The topological polar surface area (TPSA) is 0 Å². The Kier molecular flexibility index (Phi) is 5.15. The van der Waals surface area contributed by atoms with Crippen LogP contribution in [0.5, 0.6) is 0 Å². The molecule has 14 heavy (non-hydrogen) atoms. The molecule has 1 aromatic rings. The van der Waals surface area contributed by atoms with Crippen molar-refractivity contribution in [3.05, 3.63) is 29.0 Å². The molecule has 4 heteroatoms. The van der Waals surface area contributed by atoms with Gasteiger partial charge in [0.2, 0.25) is 0 Å². The molecule has 1 rings (SSSR count). The Bertz CT molecular complexity index is 327. The molecule has 0 fully saturated rings. The van der Waals surface area contributed by atoms with E-state index in [0.29, 0.717) is 0 Å². The highest BCUT2D eigenvalue weighted by Crippen LogP contribution is 2.42. The molecule has 0 saturated carbocycles. The summed E-state index contributed by atoms with van der Waals surface area (Å²) in [6, 6.07) is 0. The Morgan fingerprint density at radius 1 is 0.643 bits per heavy atom. The lowest BCUT2D eigenvalue weighted by Gasteiger charge is -2.14.